The molecular weight excluding hydrogens is 280 g/mol. The van der Waals surface area contributed by atoms with Gasteiger partial charge in [-0.1, -0.05) is 11.3 Å². The Kier molecular flexibility index (Phi) is 4.93. The molecular formula is C12H20N4OS2. The highest BCUT2D eigenvalue weighted by atomic mass is 32.2. The van der Waals surface area contributed by atoms with Gasteiger partial charge < -0.3 is 16.0 Å². The first kappa shape index (κ1) is 14.5. The summed E-state index contributed by atoms with van der Waals surface area (Å²) in [6.07, 6.45) is 2.08. The molecule has 2 rings (SSSR count). The molecule has 1 aromatic heterocycles. The molecule has 0 atom stereocenters. The summed E-state index contributed by atoms with van der Waals surface area (Å²) in [5.74, 6) is 2.49. The van der Waals surface area contributed by atoms with Crippen LogP contribution in [0.25, 0.3) is 0 Å². The number of nitrogens with one attached hydrogen (secondary N) is 1. The van der Waals surface area contributed by atoms with Crippen molar-refractivity contribution >= 4 is 40.0 Å². The smallest absolute Gasteiger partial charge is 0.265 e. The van der Waals surface area contributed by atoms with E-state index < -0.39 is 0 Å². The molecule has 0 spiro atoms. The van der Waals surface area contributed by atoms with Crippen LogP contribution in [0.4, 0.5) is 10.9 Å². The maximum Gasteiger partial charge on any atom is 0.265 e. The summed E-state index contributed by atoms with van der Waals surface area (Å²) in [6.45, 7) is 2.88. The highest BCUT2D eigenvalue weighted by molar-refractivity contribution is 7.99. The zero-order valence-corrected chi connectivity index (χ0v) is 12.9. The van der Waals surface area contributed by atoms with Crippen LogP contribution >= 0.6 is 23.1 Å². The maximum absolute atomic E-state index is 12.2. The minimum atomic E-state index is -0.0809. The van der Waals surface area contributed by atoms with E-state index in [4.69, 9.17) is 5.73 Å². The Morgan fingerprint density at radius 3 is 2.84 bits per heavy atom. The lowest BCUT2D eigenvalue weighted by molar-refractivity contribution is 0.0939. The molecule has 1 amide bonds. The quantitative estimate of drug-likeness (QED) is 0.887. The highest BCUT2D eigenvalue weighted by Crippen LogP contribution is 2.27. The number of carbonyl (C=O) groups excluding carboxylic acids is 1. The highest BCUT2D eigenvalue weighted by Gasteiger charge is 2.21. The SMILES string of the molecule is CCN(C)c1nc(N)c(C(=O)NC2CCSCC2)s1. The van der Waals surface area contributed by atoms with E-state index in [-0.39, 0.29) is 11.9 Å². The fourth-order valence-corrected chi connectivity index (χ4v) is 3.89. The van der Waals surface area contributed by atoms with E-state index >= 15 is 0 Å². The van der Waals surface area contributed by atoms with Gasteiger partial charge in [-0.2, -0.15) is 11.8 Å². The number of hydrogen-bond donors (Lipinski definition) is 2. The van der Waals surface area contributed by atoms with E-state index in [1.807, 2.05) is 30.6 Å². The predicted molar refractivity (Wildman–Crippen MR) is 83.3 cm³/mol. The molecule has 1 aromatic rings. The first-order valence-electron chi connectivity index (χ1n) is 6.47. The molecule has 0 aromatic carbocycles. The van der Waals surface area contributed by atoms with Crippen LogP contribution in [-0.4, -0.2) is 42.0 Å². The van der Waals surface area contributed by atoms with Crippen molar-refractivity contribution in [1.29, 1.82) is 0 Å². The first-order chi connectivity index (χ1) is 9.11. The van der Waals surface area contributed by atoms with E-state index in [1.54, 1.807) is 0 Å². The predicted octanol–water partition coefficient (Wildman–Crippen LogP) is 1.81. The van der Waals surface area contributed by atoms with Crippen molar-refractivity contribution in [3.8, 4) is 0 Å². The Morgan fingerprint density at radius 1 is 1.53 bits per heavy atom. The van der Waals surface area contributed by atoms with Crippen LogP contribution in [0.3, 0.4) is 0 Å². The van der Waals surface area contributed by atoms with Gasteiger partial charge in [0.2, 0.25) is 0 Å². The van der Waals surface area contributed by atoms with Gasteiger partial charge in [0.1, 0.15) is 10.7 Å². The van der Waals surface area contributed by atoms with E-state index in [0.717, 1.165) is 36.0 Å². The Bertz CT molecular complexity index is 443. The summed E-state index contributed by atoms with van der Waals surface area (Å²) in [7, 11) is 1.94. The number of nitrogens with two attached hydrogens (primary N) is 1. The second kappa shape index (κ2) is 6.47. The monoisotopic (exact) mass is 300 g/mol. The summed E-state index contributed by atoms with van der Waals surface area (Å²) >= 11 is 3.30. The van der Waals surface area contributed by atoms with Crippen molar-refractivity contribution in [2.24, 2.45) is 0 Å². The summed E-state index contributed by atoms with van der Waals surface area (Å²) in [6, 6.07) is 0.280. The lowest BCUT2D eigenvalue weighted by Gasteiger charge is -2.22. The lowest BCUT2D eigenvalue weighted by atomic mass is 10.1. The third-order valence-electron chi connectivity index (χ3n) is 3.21. The maximum atomic E-state index is 12.2. The number of nitrogen functional groups attached to an aromatic ring is 1. The van der Waals surface area contributed by atoms with Gasteiger partial charge >= 0.3 is 0 Å². The molecule has 2 heterocycles. The van der Waals surface area contributed by atoms with Gasteiger partial charge in [0.25, 0.3) is 5.91 Å². The summed E-state index contributed by atoms with van der Waals surface area (Å²) in [5.41, 5.74) is 5.85. The van der Waals surface area contributed by atoms with Gasteiger partial charge in [0.15, 0.2) is 5.13 Å². The molecule has 0 radical (unpaired) electrons. The van der Waals surface area contributed by atoms with Gasteiger partial charge in [0, 0.05) is 19.6 Å². The standard InChI is InChI=1S/C12H20N4OS2/c1-3-16(2)12-15-10(13)9(19-12)11(17)14-8-4-6-18-7-5-8/h8H,3-7,13H2,1-2H3,(H,14,17). The first-order valence-corrected chi connectivity index (χ1v) is 8.45. The number of rotatable bonds is 4. The average molecular weight is 300 g/mol. The number of thiazole rings is 1. The van der Waals surface area contributed by atoms with Crippen LogP contribution in [0.15, 0.2) is 0 Å². The van der Waals surface area contributed by atoms with Gasteiger partial charge in [-0.25, -0.2) is 4.98 Å². The number of thioether (sulfide) groups is 1. The molecule has 0 unspecified atom stereocenters. The Morgan fingerprint density at radius 2 is 2.21 bits per heavy atom. The van der Waals surface area contributed by atoms with Gasteiger partial charge in [-0.3, -0.25) is 4.79 Å². The normalized spacial score (nSPS) is 16.3. The second-order valence-corrected chi connectivity index (χ2v) is 6.79. The zero-order chi connectivity index (χ0) is 13.8. The Balaban J connectivity index is 2.03. The van der Waals surface area contributed by atoms with Crippen molar-refractivity contribution in [2.75, 3.05) is 35.7 Å². The number of nitrogens with zero attached hydrogens (tertiary/aromatic N) is 2. The van der Waals surface area contributed by atoms with Crippen LogP contribution in [-0.2, 0) is 0 Å². The third-order valence-corrected chi connectivity index (χ3v) is 5.44. The summed E-state index contributed by atoms with van der Waals surface area (Å²) in [5, 5.41) is 3.86. The molecule has 0 saturated carbocycles. The molecule has 1 aliphatic heterocycles. The molecule has 5 nitrogen and oxygen atoms in total. The second-order valence-electron chi connectivity index (χ2n) is 4.59. The van der Waals surface area contributed by atoms with Gasteiger partial charge in [-0.15, -0.1) is 0 Å². The van der Waals surface area contributed by atoms with Crippen LogP contribution in [0.5, 0.6) is 0 Å². The number of hydrogen-bond acceptors (Lipinski definition) is 6. The van der Waals surface area contributed by atoms with E-state index in [1.165, 1.54) is 11.3 Å². The fourth-order valence-electron chi connectivity index (χ4n) is 1.87. The van der Waals surface area contributed by atoms with Crippen LogP contribution in [0, 0.1) is 0 Å². The Labute approximate surface area is 122 Å². The Hall–Kier alpha value is -0.950. The molecule has 3 N–H and O–H groups in total. The molecule has 0 aliphatic carbocycles. The van der Waals surface area contributed by atoms with Crippen molar-refractivity contribution in [1.82, 2.24) is 10.3 Å². The van der Waals surface area contributed by atoms with Crippen molar-refractivity contribution in [2.45, 2.75) is 25.8 Å². The molecule has 1 saturated heterocycles. The lowest BCUT2D eigenvalue weighted by Crippen LogP contribution is -2.37. The topological polar surface area (TPSA) is 71.2 Å². The summed E-state index contributed by atoms with van der Waals surface area (Å²) in [4.78, 5) is 19.0. The molecule has 19 heavy (non-hydrogen) atoms. The van der Waals surface area contributed by atoms with Crippen LogP contribution in [0.2, 0.25) is 0 Å². The zero-order valence-electron chi connectivity index (χ0n) is 11.3. The molecule has 0 bridgehead atoms. The van der Waals surface area contributed by atoms with Crippen molar-refractivity contribution < 1.29 is 4.79 Å². The average Bonchev–Trinajstić information content (AvgIpc) is 2.81. The molecule has 7 heteroatoms. The van der Waals surface area contributed by atoms with E-state index in [2.05, 4.69) is 10.3 Å². The van der Waals surface area contributed by atoms with Crippen LogP contribution < -0.4 is 16.0 Å². The molecule has 106 valence electrons. The minimum absolute atomic E-state index is 0.0809. The third kappa shape index (κ3) is 3.54. The number of carbonyl (C=O) groups is 1. The van der Waals surface area contributed by atoms with E-state index in [0.29, 0.717) is 10.7 Å². The molecule has 1 fully saturated rings. The van der Waals surface area contributed by atoms with Gasteiger partial charge in [0.05, 0.1) is 0 Å². The van der Waals surface area contributed by atoms with E-state index in [9.17, 15) is 4.79 Å². The van der Waals surface area contributed by atoms with Gasteiger partial charge in [-0.05, 0) is 31.3 Å². The molecule has 1 aliphatic rings. The number of amides is 1. The summed E-state index contributed by atoms with van der Waals surface area (Å²) < 4.78 is 0. The van der Waals surface area contributed by atoms with Crippen molar-refractivity contribution in [3.63, 3.8) is 0 Å². The fraction of sp³-hybridized carbons (Fsp3) is 0.667. The van der Waals surface area contributed by atoms with Crippen LogP contribution in [0.1, 0.15) is 29.4 Å². The number of aromatic nitrogens is 1. The largest absolute Gasteiger partial charge is 0.382 e. The number of anilines is 2. The minimum Gasteiger partial charge on any atom is -0.382 e. The van der Waals surface area contributed by atoms with Crippen molar-refractivity contribution in [3.05, 3.63) is 4.88 Å².